The van der Waals surface area contributed by atoms with Crippen molar-refractivity contribution in [3.05, 3.63) is 23.5 Å². The lowest BCUT2D eigenvalue weighted by Crippen LogP contribution is -2.04. The van der Waals surface area contributed by atoms with Crippen LogP contribution in [0.3, 0.4) is 0 Å². The lowest BCUT2D eigenvalue weighted by Gasteiger charge is -2.12. The van der Waals surface area contributed by atoms with Crippen LogP contribution in [0, 0.1) is 0 Å². The fourth-order valence-electron chi connectivity index (χ4n) is 1.24. The van der Waals surface area contributed by atoms with E-state index in [0.717, 1.165) is 24.2 Å². The molecule has 0 atom stereocenters. The molecule has 0 heterocycles. The third kappa shape index (κ3) is 2.93. The molecule has 0 fully saturated rings. The minimum atomic E-state index is -0.180. The van der Waals surface area contributed by atoms with Crippen molar-refractivity contribution in [3.8, 4) is 0 Å². The highest BCUT2D eigenvalue weighted by Crippen LogP contribution is 2.20. The number of ether oxygens (including phenoxy) is 2. The summed E-state index contributed by atoms with van der Waals surface area (Å²) >= 11 is 0. The molecule has 1 aliphatic carbocycles. The summed E-state index contributed by atoms with van der Waals surface area (Å²) in [5.41, 5.74) is 1.10. The van der Waals surface area contributed by atoms with E-state index in [4.69, 9.17) is 4.74 Å². The van der Waals surface area contributed by atoms with Gasteiger partial charge in [-0.15, -0.1) is 0 Å². The fraction of sp³-hybridized carbons (Fsp3) is 0.500. The van der Waals surface area contributed by atoms with E-state index in [9.17, 15) is 4.79 Å². The standard InChI is InChI=1S/C10H14O3/c1-12-9-5-3-8(4-6-9)7-10(11)13-2/h3,5H,4,6-7H2,1-2H3. The molecule has 1 rings (SSSR count). The highest BCUT2D eigenvalue weighted by molar-refractivity contribution is 5.72. The van der Waals surface area contributed by atoms with Gasteiger partial charge in [-0.3, -0.25) is 4.79 Å². The van der Waals surface area contributed by atoms with Gasteiger partial charge in [0.1, 0.15) is 0 Å². The zero-order valence-corrected chi connectivity index (χ0v) is 8.00. The maximum Gasteiger partial charge on any atom is 0.309 e. The highest BCUT2D eigenvalue weighted by atomic mass is 16.5. The van der Waals surface area contributed by atoms with Gasteiger partial charge in [-0.25, -0.2) is 0 Å². The van der Waals surface area contributed by atoms with Gasteiger partial charge < -0.3 is 9.47 Å². The number of carbonyl (C=O) groups excluding carboxylic acids is 1. The largest absolute Gasteiger partial charge is 0.501 e. The van der Waals surface area contributed by atoms with Gasteiger partial charge in [-0.2, -0.15) is 0 Å². The van der Waals surface area contributed by atoms with Gasteiger partial charge in [-0.05, 0) is 12.5 Å². The Morgan fingerprint density at radius 1 is 1.38 bits per heavy atom. The number of hydrogen-bond acceptors (Lipinski definition) is 3. The minimum Gasteiger partial charge on any atom is -0.501 e. The van der Waals surface area contributed by atoms with Crippen LogP contribution in [-0.4, -0.2) is 20.2 Å². The Labute approximate surface area is 78.0 Å². The van der Waals surface area contributed by atoms with Crippen LogP contribution in [0.5, 0.6) is 0 Å². The average molecular weight is 182 g/mol. The Morgan fingerprint density at radius 3 is 2.62 bits per heavy atom. The molecule has 0 amide bonds. The van der Waals surface area contributed by atoms with Gasteiger partial charge in [0.15, 0.2) is 0 Å². The van der Waals surface area contributed by atoms with E-state index in [1.165, 1.54) is 7.11 Å². The van der Waals surface area contributed by atoms with Crippen LogP contribution < -0.4 is 0 Å². The number of carbonyl (C=O) groups is 1. The Morgan fingerprint density at radius 2 is 2.15 bits per heavy atom. The van der Waals surface area contributed by atoms with Crippen molar-refractivity contribution in [1.82, 2.24) is 0 Å². The first-order valence-electron chi connectivity index (χ1n) is 4.25. The number of hydrogen-bond donors (Lipinski definition) is 0. The molecule has 0 aromatic heterocycles. The Balaban J connectivity index is 2.50. The Kier molecular flexibility index (Phi) is 3.55. The van der Waals surface area contributed by atoms with Gasteiger partial charge in [0.05, 0.1) is 26.4 Å². The van der Waals surface area contributed by atoms with Crippen LogP contribution in [-0.2, 0) is 14.3 Å². The van der Waals surface area contributed by atoms with Gasteiger partial charge in [-0.1, -0.05) is 11.6 Å². The van der Waals surface area contributed by atoms with Crippen LogP contribution in [0.4, 0.5) is 0 Å². The molecule has 0 spiro atoms. The van der Waals surface area contributed by atoms with Gasteiger partial charge in [0.25, 0.3) is 0 Å². The summed E-state index contributed by atoms with van der Waals surface area (Å²) in [5, 5.41) is 0. The molecular weight excluding hydrogens is 168 g/mol. The van der Waals surface area contributed by atoms with Crippen molar-refractivity contribution in [2.24, 2.45) is 0 Å². The molecule has 0 aliphatic heterocycles. The van der Waals surface area contributed by atoms with Crippen LogP contribution in [0.15, 0.2) is 23.5 Å². The summed E-state index contributed by atoms with van der Waals surface area (Å²) in [6, 6.07) is 0. The van der Waals surface area contributed by atoms with E-state index in [2.05, 4.69) is 4.74 Å². The lowest BCUT2D eigenvalue weighted by atomic mass is 10.0. The van der Waals surface area contributed by atoms with Crippen LogP contribution >= 0.6 is 0 Å². The molecule has 0 aromatic carbocycles. The second-order valence-corrected chi connectivity index (χ2v) is 2.91. The van der Waals surface area contributed by atoms with E-state index in [-0.39, 0.29) is 5.97 Å². The summed E-state index contributed by atoms with van der Waals surface area (Å²) in [7, 11) is 3.06. The molecule has 0 aromatic rings. The molecule has 1 aliphatic rings. The van der Waals surface area contributed by atoms with E-state index in [1.807, 2.05) is 12.2 Å². The first kappa shape index (κ1) is 9.84. The van der Waals surface area contributed by atoms with Crippen molar-refractivity contribution in [1.29, 1.82) is 0 Å². The minimum absolute atomic E-state index is 0.180. The molecule has 0 bridgehead atoms. The molecule has 0 unspecified atom stereocenters. The molecule has 0 saturated heterocycles. The van der Waals surface area contributed by atoms with Crippen molar-refractivity contribution >= 4 is 5.97 Å². The summed E-state index contributed by atoms with van der Waals surface area (Å²) in [6.07, 6.45) is 5.99. The fourth-order valence-corrected chi connectivity index (χ4v) is 1.24. The van der Waals surface area contributed by atoms with E-state index in [1.54, 1.807) is 7.11 Å². The van der Waals surface area contributed by atoms with Gasteiger partial charge in [0.2, 0.25) is 0 Å². The molecule has 0 radical (unpaired) electrons. The third-order valence-electron chi connectivity index (χ3n) is 2.06. The third-order valence-corrected chi connectivity index (χ3v) is 2.06. The predicted octanol–water partition coefficient (Wildman–Crippen LogP) is 1.80. The predicted molar refractivity (Wildman–Crippen MR) is 49.0 cm³/mol. The smallest absolute Gasteiger partial charge is 0.309 e. The maximum absolute atomic E-state index is 10.9. The van der Waals surface area contributed by atoms with Crippen LogP contribution in [0.1, 0.15) is 19.3 Å². The second kappa shape index (κ2) is 4.70. The lowest BCUT2D eigenvalue weighted by molar-refractivity contribution is -0.139. The summed E-state index contributed by atoms with van der Waals surface area (Å²) in [4.78, 5) is 10.9. The molecule has 13 heavy (non-hydrogen) atoms. The zero-order valence-electron chi connectivity index (χ0n) is 8.00. The molecule has 3 heteroatoms. The average Bonchev–Trinajstić information content (AvgIpc) is 2.19. The van der Waals surface area contributed by atoms with Gasteiger partial charge in [0, 0.05) is 6.42 Å². The van der Waals surface area contributed by atoms with E-state index in [0.29, 0.717) is 6.42 Å². The van der Waals surface area contributed by atoms with Crippen LogP contribution in [0.25, 0.3) is 0 Å². The van der Waals surface area contributed by atoms with Crippen molar-refractivity contribution in [2.75, 3.05) is 14.2 Å². The monoisotopic (exact) mass is 182 g/mol. The number of esters is 1. The highest BCUT2D eigenvalue weighted by Gasteiger charge is 2.10. The summed E-state index contributed by atoms with van der Waals surface area (Å²) in [6.45, 7) is 0. The Hall–Kier alpha value is -1.25. The Bertz CT molecular complexity index is 251. The van der Waals surface area contributed by atoms with Gasteiger partial charge >= 0.3 is 5.97 Å². The molecule has 0 saturated carbocycles. The number of rotatable bonds is 3. The zero-order chi connectivity index (χ0) is 9.68. The number of methoxy groups -OCH3 is 2. The van der Waals surface area contributed by atoms with Crippen molar-refractivity contribution in [3.63, 3.8) is 0 Å². The van der Waals surface area contributed by atoms with E-state index >= 15 is 0 Å². The molecule has 3 nitrogen and oxygen atoms in total. The molecule has 72 valence electrons. The molecular formula is C10H14O3. The quantitative estimate of drug-likeness (QED) is 0.624. The normalized spacial score (nSPS) is 15.8. The molecule has 0 N–H and O–H groups in total. The van der Waals surface area contributed by atoms with Crippen molar-refractivity contribution < 1.29 is 14.3 Å². The van der Waals surface area contributed by atoms with Crippen LogP contribution in [0.2, 0.25) is 0 Å². The summed E-state index contributed by atoms with van der Waals surface area (Å²) < 4.78 is 9.65. The first-order chi connectivity index (χ1) is 6.26. The number of allylic oxidation sites excluding steroid dienone is 3. The van der Waals surface area contributed by atoms with E-state index < -0.39 is 0 Å². The van der Waals surface area contributed by atoms with Crippen molar-refractivity contribution in [2.45, 2.75) is 19.3 Å². The SMILES string of the molecule is COC(=O)CC1=CC=C(OC)CC1. The topological polar surface area (TPSA) is 35.5 Å². The summed E-state index contributed by atoms with van der Waals surface area (Å²) in [5.74, 6) is 0.786. The first-order valence-corrected chi connectivity index (χ1v) is 4.25. The maximum atomic E-state index is 10.9. The second-order valence-electron chi connectivity index (χ2n) is 2.91.